The highest BCUT2D eigenvalue weighted by Crippen LogP contribution is 2.62. The second kappa shape index (κ2) is 7.90. The highest BCUT2D eigenvalue weighted by molar-refractivity contribution is 7.88. The zero-order chi connectivity index (χ0) is 23.7. The van der Waals surface area contributed by atoms with Crippen LogP contribution in [0.1, 0.15) is 42.9 Å². The normalized spacial score (nSPS) is 31.7. The fourth-order valence-electron chi connectivity index (χ4n) is 7.52. The van der Waals surface area contributed by atoms with E-state index in [1.54, 1.807) is 18.3 Å². The van der Waals surface area contributed by atoms with Crippen molar-refractivity contribution >= 4 is 15.8 Å². The number of hydrogen-bond donors (Lipinski definition) is 0. The van der Waals surface area contributed by atoms with Crippen LogP contribution in [0.15, 0.2) is 48.5 Å². The number of likely N-dealkylation sites (N-methyl/N-ethyl adjacent to an activating group) is 1. The number of nitrogens with zero attached hydrogens (tertiary/aromatic N) is 2. The largest absolute Gasteiger partial charge is 0.487 e. The van der Waals surface area contributed by atoms with E-state index in [2.05, 4.69) is 23.1 Å². The summed E-state index contributed by atoms with van der Waals surface area (Å²) in [5.74, 6) is 1.52. The van der Waals surface area contributed by atoms with E-state index < -0.39 is 10.0 Å². The fourth-order valence-corrected chi connectivity index (χ4v) is 8.96. The van der Waals surface area contributed by atoms with Crippen LogP contribution in [0, 0.1) is 5.92 Å². The predicted octanol–water partition coefficient (Wildman–Crippen LogP) is 3.15. The Bertz CT molecular complexity index is 1230. The first-order chi connectivity index (χ1) is 16.3. The lowest BCUT2D eigenvalue weighted by molar-refractivity contribution is -0.122. The average Bonchev–Trinajstić information content (AvgIpc) is 3.14. The van der Waals surface area contributed by atoms with Crippen molar-refractivity contribution in [3.8, 4) is 5.75 Å². The summed E-state index contributed by atoms with van der Waals surface area (Å²) in [7, 11) is -1.77. The molecule has 2 aliphatic heterocycles. The van der Waals surface area contributed by atoms with Gasteiger partial charge >= 0.3 is 0 Å². The van der Waals surface area contributed by atoms with Crippen LogP contribution >= 0.6 is 0 Å². The number of piperidine rings is 1. The Hall–Kier alpha value is -2.22. The van der Waals surface area contributed by atoms with Crippen molar-refractivity contribution in [1.82, 2.24) is 9.21 Å². The minimum absolute atomic E-state index is 0.00278. The lowest BCUT2D eigenvalue weighted by Gasteiger charge is -2.60. The topological polar surface area (TPSA) is 66.9 Å². The van der Waals surface area contributed by atoms with Crippen LogP contribution in [0.2, 0.25) is 0 Å². The van der Waals surface area contributed by atoms with Gasteiger partial charge in [-0.1, -0.05) is 42.5 Å². The first kappa shape index (κ1) is 22.3. The maximum Gasteiger partial charge on any atom is 0.218 e. The molecule has 0 aromatic heterocycles. The number of carbonyl (C=O) groups excluding carboxylic acids is 1. The Morgan fingerprint density at radius 3 is 2.71 bits per heavy atom. The van der Waals surface area contributed by atoms with Gasteiger partial charge in [0.2, 0.25) is 10.0 Å². The summed E-state index contributed by atoms with van der Waals surface area (Å²) in [5.41, 5.74) is 3.25. The van der Waals surface area contributed by atoms with Gasteiger partial charge < -0.3 is 4.74 Å². The summed E-state index contributed by atoms with van der Waals surface area (Å²) >= 11 is 0. The molecule has 0 unspecified atom stereocenters. The molecule has 2 aromatic rings. The Kier molecular flexibility index (Phi) is 5.17. The van der Waals surface area contributed by atoms with E-state index >= 15 is 0 Å². The average molecular weight is 481 g/mol. The molecule has 0 amide bonds. The Morgan fingerprint density at radius 1 is 1.15 bits per heavy atom. The predicted molar refractivity (Wildman–Crippen MR) is 130 cm³/mol. The second-order valence-corrected chi connectivity index (χ2v) is 12.6. The van der Waals surface area contributed by atoms with Crippen molar-refractivity contribution in [2.45, 2.75) is 62.0 Å². The van der Waals surface area contributed by atoms with Gasteiger partial charge in [0.1, 0.15) is 17.6 Å². The van der Waals surface area contributed by atoms with Crippen molar-refractivity contribution in [3.05, 3.63) is 65.2 Å². The van der Waals surface area contributed by atoms with Gasteiger partial charge in [-0.3, -0.25) is 9.69 Å². The quantitative estimate of drug-likeness (QED) is 0.636. The smallest absolute Gasteiger partial charge is 0.218 e. The summed E-state index contributed by atoms with van der Waals surface area (Å²) in [6.45, 7) is 3.01. The second-order valence-electron chi connectivity index (χ2n) is 10.6. The molecule has 4 aliphatic rings. The monoisotopic (exact) mass is 480 g/mol. The van der Waals surface area contributed by atoms with Gasteiger partial charge in [0.25, 0.3) is 0 Å². The molecule has 7 heteroatoms. The first-order valence-corrected chi connectivity index (χ1v) is 13.9. The molecule has 2 heterocycles. The molecule has 2 aromatic carbocycles. The van der Waals surface area contributed by atoms with E-state index in [-0.39, 0.29) is 29.1 Å². The van der Waals surface area contributed by atoms with Crippen LogP contribution in [0.4, 0.5) is 0 Å². The van der Waals surface area contributed by atoms with Gasteiger partial charge in [-0.25, -0.2) is 8.42 Å². The maximum atomic E-state index is 13.5. The number of benzene rings is 2. The molecule has 2 fully saturated rings. The van der Waals surface area contributed by atoms with E-state index in [9.17, 15) is 13.2 Å². The molecular formula is C27H32N2O4S. The Morgan fingerprint density at radius 2 is 1.94 bits per heavy atom. The van der Waals surface area contributed by atoms with Gasteiger partial charge in [0.05, 0.1) is 18.3 Å². The van der Waals surface area contributed by atoms with E-state index in [1.807, 2.05) is 30.3 Å². The van der Waals surface area contributed by atoms with Crippen molar-refractivity contribution in [1.29, 1.82) is 0 Å². The van der Waals surface area contributed by atoms with Crippen molar-refractivity contribution in [2.75, 3.05) is 20.1 Å². The molecule has 1 saturated heterocycles. The van der Waals surface area contributed by atoms with E-state index in [1.165, 1.54) is 11.1 Å². The minimum Gasteiger partial charge on any atom is -0.487 e. The maximum absolute atomic E-state index is 13.5. The summed E-state index contributed by atoms with van der Waals surface area (Å²) in [4.78, 5) is 14.4. The summed E-state index contributed by atoms with van der Waals surface area (Å²) in [6.07, 6.45) is 3.36. The third kappa shape index (κ3) is 3.20. The molecule has 2 bridgehead atoms. The molecule has 1 spiro atoms. The summed E-state index contributed by atoms with van der Waals surface area (Å²) in [5, 5.41) is 0. The van der Waals surface area contributed by atoms with Gasteiger partial charge in [0.15, 0.2) is 0 Å². The number of likely N-dealkylation sites (tertiary alicyclic amines) is 1. The van der Waals surface area contributed by atoms with Crippen LogP contribution < -0.4 is 4.74 Å². The third-order valence-electron chi connectivity index (χ3n) is 8.82. The molecule has 6 rings (SSSR count). The molecular weight excluding hydrogens is 448 g/mol. The SMILES string of the molecule is CC(=O)CN1CC[C@]23c4c5cccc4O[C@H]2[C@@H](N(C)S(=O)(=O)Cc2ccccc2)CC[C@H]3[C@H]1C5. The van der Waals surface area contributed by atoms with Crippen LogP contribution in [0.3, 0.4) is 0 Å². The molecule has 1 saturated carbocycles. The lowest BCUT2D eigenvalue weighted by atomic mass is 9.51. The third-order valence-corrected chi connectivity index (χ3v) is 10.7. The van der Waals surface area contributed by atoms with Crippen LogP contribution in [0.5, 0.6) is 5.75 Å². The molecule has 0 radical (unpaired) electrons. The zero-order valence-electron chi connectivity index (χ0n) is 19.8. The molecule has 0 N–H and O–H groups in total. The van der Waals surface area contributed by atoms with Gasteiger partial charge in [-0.2, -0.15) is 4.31 Å². The Labute approximate surface area is 201 Å². The minimum atomic E-state index is -3.51. The number of ketones is 1. The molecule has 5 atom stereocenters. The lowest BCUT2D eigenvalue weighted by Crippen LogP contribution is -2.69. The van der Waals surface area contributed by atoms with Gasteiger partial charge in [0, 0.05) is 24.1 Å². The highest BCUT2D eigenvalue weighted by atomic mass is 32.2. The number of carbonyl (C=O) groups is 1. The van der Waals surface area contributed by atoms with E-state index in [0.717, 1.165) is 43.5 Å². The van der Waals surface area contributed by atoms with Gasteiger partial charge in [-0.05, 0) is 62.3 Å². The molecule has 34 heavy (non-hydrogen) atoms. The van der Waals surface area contributed by atoms with E-state index in [4.69, 9.17) is 4.74 Å². The van der Waals surface area contributed by atoms with Crippen LogP contribution in [0.25, 0.3) is 0 Å². The van der Waals surface area contributed by atoms with Crippen molar-refractivity contribution in [2.24, 2.45) is 5.92 Å². The van der Waals surface area contributed by atoms with Crippen molar-refractivity contribution in [3.63, 3.8) is 0 Å². The van der Waals surface area contributed by atoms with Crippen LogP contribution in [-0.2, 0) is 32.4 Å². The number of sulfonamides is 1. The Balaban J connectivity index is 1.37. The van der Waals surface area contributed by atoms with Gasteiger partial charge in [-0.15, -0.1) is 0 Å². The standard InChI is InChI=1S/C27H32N2O4S/c1-18(30)16-29-14-13-27-21-11-12-22(28(2)34(31,32)17-19-7-4-3-5-8-19)26(27)33-24-10-6-9-20(25(24)27)15-23(21)29/h3-10,21-23,26H,11-17H2,1-2H3/t21-,22-,23+,26-,27-/m0/s1. The fraction of sp³-hybridized carbons (Fsp3) is 0.519. The molecule has 180 valence electrons. The zero-order valence-corrected chi connectivity index (χ0v) is 20.6. The summed E-state index contributed by atoms with van der Waals surface area (Å²) in [6, 6.07) is 15.8. The number of hydrogen-bond acceptors (Lipinski definition) is 5. The molecule has 2 aliphatic carbocycles. The van der Waals surface area contributed by atoms with E-state index in [0.29, 0.717) is 18.5 Å². The highest BCUT2D eigenvalue weighted by Gasteiger charge is 2.66. The molecule has 6 nitrogen and oxygen atoms in total. The first-order valence-electron chi connectivity index (χ1n) is 12.3. The van der Waals surface area contributed by atoms with Crippen LogP contribution in [-0.4, -0.2) is 61.7 Å². The van der Waals surface area contributed by atoms with Crippen molar-refractivity contribution < 1.29 is 17.9 Å². The number of rotatable bonds is 6. The number of ether oxygens (including phenoxy) is 1. The summed E-state index contributed by atoms with van der Waals surface area (Å²) < 4.78 is 35.3. The number of Topliss-reactive ketones (excluding diaryl/α,β-unsaturated/α-hetero) is 1.